The third kappa shape index (κ3) is 4.84. The lowest BCUT2D eigenvalue weighted by molar-refractivity contribution is 0.669. The summed E-state index contributed by atoms with van der Waals surface area (Å²) in [6, 6.07) is 63.4. The summed E-state index contributed by atoms with van der Waals surface area (Å²) in [4.78, 5) is 15.3. The molecule has 0 aliphatic heterocycles. The zero-order valence-corrected chi connectivity index (χ0v) is 31.4. The summed E-state index contributed by atoms with van der Waals surface area (Å²) in [5.74, 6) is 1.73. The highest BCUT2D eigenvalue weighted by Gasteiger charge is 2.20. The zero-order chi connectivity index (χ0) is 38.6. The Kier molecular flexibility index (Phi) is 6.63. The van der Waals surface area contributed by atoms with Crippen molar-refractivity contribution in [1.82, 2.24) is 19.5 Å². The number of furan rings is 2. The van der Waals surface area contributed by atoms with Gasteiger partial charge in [0.1, 0.15) is 22.3 Å². The SMILES string of the molecule is c1ccc(-c2nc(-c3ccc4c(c3)oc3ccc5ccc(-n6c7ccccc7c7cc8ccccc8cc76)cc5c34)nc(-c3cccc4oc5ccccc5c34)n2)cc1. The van der Waals surface area contributed by atoms with Gasteiger partial charge in [-0.3, -0.25) is 0 Å². The van der Waals surface area contributed by atoms with Gasteiger partial charge in [0, 0.05) is 54.7 Å². The molecule has 0 saturated carbocycles. The van der Waals surface area contributed by atoms with Crippen molar-refractivity contribution < 1.29 is 8.83 Å². The number of nitrogens with zero attached hydrogens (tertiary/aromatic N) is 4. The van der Waals surface area contributed by atoms with Gasteiger partial charge in [-0.25, -0.2) is 15.0 Å². The van der Waals surface area contributed by atoms with Crippen molar-refractivity contribution in [2.24, 2.45) is 0 Å². The van der Waals surface area contributed by atoms with Crippen LogP contribution in [0.5, 0.6) is 0 Å². The van der Waals surface area contributed by atoms with Crippen molar-refractivity contribution in [2.45, 2.75) is 0 Å². The molecule has 13 rings (SSSR count). The fraction of sp³-hybridized carbons (Fsp3) is 0. The minimum atomic E-state index is 0.562. The summed E-state index contributed by atoms with van der Waals surface area (Å²) in [6.45, 7) is 0. The van der Waals surface area contributed by atoms with Gasteiger partial charge in [0.2, 0.25) is 0 Å². The minimum Gasteiger partial charge on any atom is -0.456 e. The van der Waals surface area contributed by atoms with Crippen LogP contribution >= 0.6 is 0 Å². The van der Waals surface area contributed by atoms with E-state index >= 15 is 0 Å². The summed E-state index contributed by atoms with van der Waals surface area (Å²) >= 11 is 0. The van der Waals surface area contributed by atoms with Gasteiger partial charge in [-0.15, -0.1) is 0 Å². The van der Waals surface area contributed by atoms with Crippen LogP contribution < -0.4 is 0 Å². The van der Waals surface area contributed by atoms with Crippen molar-refractivity contribution in [3.63, 3.8) is 0 Å². The highest BCUT2D eigenvalue weighted by molar-refractivity contribution is 6.20. The molecule has 0 radical (unpaired) electrons. The largest absolute Gasteiger partial charge is 0.456 e. The summed E-state index contributed by atoms with van der Waals surface area (Å²) in [6.07, 6.45) is 0. The first-order valence-corrected chi connectivity index (χ1v) is 19.8. The number of fused-ring (bicyclic) bond motifs is 12. The smallest absolute Gasteiger partial charge is 0.164 e. The fourth-order valence-electron chi connectivity index (χ4n) is 9.10. The molecule has 13 aromatic rings. The number of hydrogen-bond donors (Lipinski definition) is 0. The predicted molar refractivity (Wildman–Crippen MR) is 240 cm³/mol. The second-order valence-corrected chi connectivity index (χ2v) is 15.2. The second-order valence-electron chi connectivity index (χ2n) is 15.2. The van der Waals surface area contributed by atoms with E-state index in [2.05, 4.69) is 126 Å². The van der Waals surface area contributed by atoms with Gasteiger partial charge in [-0.2, -0.15) is 0 Å². The molecule has 0 bridgehead atoms. The maximum Gasteiger partial charge on any atom is 0.164 e. The molecule has 0 aliphatic carbocycles. The molecule has 59 heavy (non-hydrogen) atoms. The van der Waals surface area contributed by atoms with E-state index < -0.39 is 0 Å². The van der Waals surface area contributed by atoms with Crippen LogP contribution in [0.15, 0.2) is 191 Å². The van der Waals surface area contributed by atoms with E-state index in [4.69, 9.17) is 23.8 Å². The quantitative estimate of drug-likeness (QED) is 0.179. The van der Waals surface area contributed by atoms with Crippen molar-refractivity contribution in [2.75, 3.05) is 0 Å². The Morgan fingerprint density at radius 3 is 1.92 bits per heavy atom. The number of hydrogen-bond acceptors (Lipinski definition) is 5. The zero-order valence-electron chi connectivity index (χ0n) is 31.4. The number of aromatic nitrogens is 4. The van der Waals surface area contributed by atoms with Gasteiger partial charge in [-0.05, 0) is 82.2 Å². The highest BCUT2D eigenvalue weighted by atomic mass is 16.3. The average molecular weight is 755 g/mol. The molecule has 0 N–H and O–H groups in total. The normalized spacial score (nSPS) is 12.1. The Balaban J connectivity index is 0.999. The number of benzene rings is 9. The lowest BCUT2D eigenvalue weighted by Gasteiger charge is -2.10. The van der Waals surface area contributed by atoms with Gasteiger partial charge in [0.05, 0.1) is 11.0 Å². The summed E-state index contributed by atoms with van der Waals surface area (Å²) < 4.78 is 15.3. The van der Waals surface area contributed by atoms with Crippen LogP contribution in [-0.4, -0.2) is 19.5 Å². The van der Waals surface area contributed by atoms with Crippen LogP contribution in [0.1, 0.15) is 0 Å². The molecule has 6 nitrogen and oxygen atoms in total. The first-order chi connectivity index (χ1) is 29.2. The molecule has 9 aromatic carbocycles. The van der Waals surface area contributed by atoms with E-state index in [0.717, 1.165) is 77.0 Å². The monoisotopic (exact) mass is 754 g/mol. The van der Waals surface area contributed by atoms with E-state index in [1.807, 2.05) is 60.7 Å². The van der Waals surface area contributed by atoms with Crippen LogP contribution in [0, 0.1) is 0 Å². The molecule has 0 unspecified atom stereocenters. The first kappa shape index (κ1) is 32.0. The van der Waals surface area contributed by atoms with E-state index in [0.29, 0.717) is 17.5 Å². The Morgan fingerprint density at radius 2 is 1.02 bits per heavy atom. The Labute approximate surface area is 336 Å². The first-order valence-electron chi connectivity index (χ1n) is 19.8. The molecule has 6 heteroatoms. The molecule has 0 atom stereocenters. The van der Waals surface area contributed by atoms with E-state index in [1.165, 1.54) is 32.6 Å². The molecular formula is C53H30N4O2. The van der Waals surface area contributed by atoms with E-state index in [-0.39, 0.29) is 0 Å². The van der Waals surface area contributed by atoms with Crippen molar-refractivity contribution >= 4 is 87.2 Å². The average Bonchev–Trinajstić information content (AvgIpc) is 3.97. The molecule has 4 heterocycles. The van der Waals surface area contributed by atoms with E-state index in [9.17, 15) is 0 Å². The highest BCUT2D eigenvalue weighted by Crippen LogP contribution is 2.41. The molecule has 274 valence electrons. The third-order valence-electron chi connectivity index (χ3n) is 11.8. The van der Waals surface area contributed by atoms with E-state index in [1.54, 1.807) is 0 Å². The molecule has 0 fully saturated rings. The van der Waals surface area contributed by atoms with Gasteiger partial charge in [0.25, 0.3) is 0 Å². The summed E-state index contributed by atoms with van der Waals surface area (Å²) in [7, 11) is 0. The van der Waals surface area contributed by atoms with Gasteiger partial charge in [0.15, 0.2) is 17.5 Å². The topological polar surface area (TPSA) is 69.9 Å². The van der Waals surface area contributed by atoms with Gasteiger partial charge < -0.3 is 13.4 Å². The standard InChI is InChI=1S/C53H30N4O2/c1-2-11-32(12-3-1)51-54-52(56-53(55-51)40-17-10-20-46-49(40)38-16-7-9-19-45(38)58-46)35-22-25-39-48(29-35)59-47-26-23-31-21-24-36(30-41(31)50(39)47)57-43-18-8-6-15-37(43)42-27-33-13-4-5-14-34(33)28-44(42)57/h1-30H. The minimum absolute atomic E-state index is 0.562. The Morgan fingerprint density at radius 1 is 0.339 bits per heavy atom. The molecule has 0 saturated heterocycles. The molecule has 4 aromatic heterocycles. The van der Waals surface area contributed by atoms with Crippen molar-refractivity contribution in [1.29, 1.82) is 0 Å². The van der Waals surface area contributed by atoms with Crippen molar-refractivity contribution in [3.05, 3.63) is 182 Å². The molecule has 0 aliphatic rings. The van der Waals surface area contributed by atoms with Crippen LogP contribution in [0.2, 0.25) is 0 Å². The van der Waals surface area contributed by atoms with Crippen LogP contribution in [-0.2, 0) is 0 Å². The number of para-hydroxylation sites is 2. The van der Waals surface area contributed by atoms with Crippen LogP contribution in [0.4, 0.5) is 0 Å². The maximum atomic E-state index is 6.68. The second kappa shape index (κ2) is 12.2. The lowest BCUT2D eigenvalue weighted by atomic mass is 10.0. The van der Waals surface area contributed by atoms with Crippen molar-refractivity contribution in [3.8, 4) is 39.9 Å². The summed E-state index contributed by atoms with van der Waals surface area (Å²) in [5.41, 5.74) is 9.30. The Hall–Kier alpha value is -8.09. The van der Waals surface area contributed by atoms with Crippen LogP contribution in [0.3, 0.4) is 0 Å². The molecular weight excluding hydrogens is 725 g/mol. The van der Waals surface area contributed by atoms with Crippen LogP contribution in [0.25, 0.3) is 127 Å². The van der Waals surface area contributed by atoms with Gasteiger partial charge >= 0.3 is 0 Å². The molecule has 0 amide bonds. The van der Waals surface area contributed by atoms with Gasteiger partial charge in [-0.1, -0.05) is 121 Å². The predicted octanol–water partition coefficient (Wildman–Crippen LogP) is 14.1. The maximum absolute atomic E-state index is 6.68. The lowest BCUT2D eigenvalue weighted by Crippen LogP contribution is -2.00. The summed E-state index contributed by atoms with van der Waals surface area (Å²) in [5, 5.41) is 11.3. The third-order valence-corrected chi connectivity index (χ3v) is 11.8. The molecule has 0 spiro atoms. The fourth-order valence-corrected chi connectivity index (χ4v) is 9.10. The Bertz CT molecular complexity index is 3860. The number of rotatable bonds is 4.